The van der Waals surface area contributed by atoms with Gasteiger partial charge in [-0.1, -0.05) is 0 Å². The van der Waals surface area contributed by atoms with Crippen LogP contribution in [0.3, 0.4) is 0 Å². The fourth-order valence-electron chi connectivity index (χ4n) is 2.59. The number of aromatic hydroxyl groups is 1. The SMILES string of the molecule is O=C(O)c1ccc(Nc2nc3c(c(=O)[nH]2)CCCC3)cc1O. The van der Waals surface area contributed by atoms with Gasteiger partial charge in [0, 0.05) is 17.3 Å². The second-order valence-electron chi connectivity index (χ2n) is 5.21. The van der Waals surface area contributed by atoms with E-state index < -0.39 is 5.97 Å². The lowest BCUT2D eigenvalue weighted by molar-refractivity contribution is 0.0694. The van der Waals surface area contributed by atoms with Crippen molar-refractivity contribution in [2.75, 3.05) is 5.32 Å². The first-order valence-electron chi connectivity index (χ1n) is 7.00. The Balaban J connectivity index is 1.90. The summed E-state index contributed by atoms with van der Waals surface area (Å²) in [6, 6.07) is 4.07. The molecule has 0 atom stereocenters. The molecule has 3 rings (SSSR count). The van der Waals surface area contributed by atoms with Gasteiger partial charge in [0.1, 0.15) is 11.3 Å². The van der Waals surface area contributed by atoms with Gasteiger partial charge in [-0.15, -0.1) is 0 Å². The number of carbonyl (C=O) groups is 1. The predicted octanol–water partition coefficient (Wildman–Crippen LogP) is 1.80. The average Bonchev–Trinajstić information content (AvgIpc) is 2.47. The number of hydrogen-bond donors (Lipinski definition) is 4. The number of aromatic amines is 1. The summed E-state index contributed by atoms with van der Waals surface area (Å²) < 4.78 is 0. The summed E-state index contributed by atoms with van der Waals surface area (Å²) in [6.45, 7) is 0. The van der Waals surface area contributed by atoms with Crippen molar-refractivity contribution >= 4 is 17.6 Å². The van der Waals surface area contributed by atoms with Gasteiger partial charge in [-0.3, -0.25) is 9.78 Å². The zero-order valence-corrected chi connectivity index (χ0v) is 11.7. The normalized spacial score (nSPS) is 13.5. The molecule has 22 heavy (non-hydrogen) atoms. The number of carboxylic acids is 1. The highest BCUT2D eigenvalue weighted by molar-refractivity contribution is 5.91. The Morgan fingerprint density at radius 1 is 1.27 bits per heavy atom. The molecule has 1 aliphatic carbocycles. The van der Waals surface area contributed by atoms with E-state index in [0.29, 0.717) is 5.69 Å². The third-order valence-corrected chi connectivity index (χ3v) is 3.68. The van der Waals surface area contributed by atoms with Crippen LogP contribution < -0.4 is 10.9 Å². The van der Waals surface area contributed by atoms with Gasteiger partial charge in [0.05, 0.1) is 5.69 Å². The number of carboxylic acid groups (broad SMARTS) is 1. The molecule has 1 aliphatic rings. The number of phenols is 1. The highest BCUT2D eigenvalue weighted by Gasteiger charge is 2.16. The van der Waals surface area contributed by atoms with Gasteiger partial charge in [0.25, 0.3) is 5.56 Å². The van der Waals surface area contributed by atoms with Crippen LogP contribution in [0.1, 0.15) is 34.5 Å². The van der Waals surface area contributed by atoms with Crippen molar-refractivity contribution in [2.45, 2.75) is 25.7 Å². The summed E-state index contributed by atoms with van der Waals surface area (Å²) >= 11 is 0. The number of hydrogen-bond acceptors (Lipinski definition) is 5. The molecule has 1 aromatic heterocycles. The van der Waals surface area contributed by atoms with Crippen molar-refractivity contribution in [1.82, 2.24) is 9.97 Å². The van der Waals surface area contributed by atoms with E-state index >= 15 is 0 Å². The van der Waals surface area contributed by atoms with E-state index in [1.807, 2.05) is 0 Å². The second kappa shape index (κ2) is 5.51. The maximum Gasteiger partial charge on any atom is 0.339 e. The van der Waals surface area contributed by atoms with Gasteiger partial charge >= 0.3 is 5.97 Å². The molecule has 7 heteroatoms. The Hall–Kier alpha value is -2.83. The van der Waals surface area contributed by atoms with Crippen molar-refractivity contribution in [3.63, 3.8) is 0 Å². The van der Waals surface area contributed by atoms with E-state index in [0.717, 1.165) is 36.9 Å². The molecule has 1 aromatic carbocycles. The third kappa shape index (κ3) is 2.65. The van der Waals surface area contributed by atoms with Crippen LogP contribution in [-0.2, 0) is 12.8 Å². The minimum Gasteiger partial charge on any atom is -0.507 e. The lowest BCUT2D eigenvalue weighted by atomic mass is 9.97. The number of H-pyrrole nitrogens is 1. The lowest BCUT2D eigenvalue weighted by Crippen LogP contribution is -2.22. The Labute approximate surface area is 125 Å². The van der Waals surface area contributed by atoms with Crippen molar-refractivity contribution in [1.29, 1.82) is 0 Å². The van der Waals surface area contributed by atoms with Crippen LogP contribution in [0.5, 0.6) is 5.75 Å². The monoisotopic (exact) mass is 301 g/mol. The standard InChI is InChI=1S/C15H15N3O4/c19-12-7-8(5-6-10(12)14(21)22)16-15-17-11-4-2-1-3-9(11)13(20)18-15/h5-7,19H,1-4H2,(H,21,22)(H2,16,17,18,20). The number of aromatic carboxylic acids is 1. The molecular weight excluding hydrogens is 286 g/mol. The summed E-state index contributed by atoms with van der Waals surface area (Å²) in [5.41, 5.74) is 1.64. The predicted molar refractivity (Wildman–Crippen MR) is 79.8 cm³/mol. The number of rotatable bonds is 3. The fraction of sp³-hybridized carbons (Fsp3) is 0.267. The Kier molecular flexibility index (Phi) is 3.54. The molecule has 0 fully saturated rings. The maximum atomic E-state index is 12.0. The number of benzene rings is 1. The van der Waals surface area contributed by atoms with Crippen LogP contribution in [-0.4, -0.2) is 26.2 Å². The number of nitrogens with zero attached hydrogens (tertiary/aromatic N) is 1. The molecule has 7 nitrogen and oxygen atoms in total. The molecule has 0 aliphatic heterocycles. The zero-order chi connectivity index (χ0) is 15.7. The minimum atomic E-state index is -1.20. The highest BCUT2D eigenvalue weighted by Crippen LogP contribution is 2.24. The van der Waals surface area contributed by atoms with E-state index in [2.05, 4.69) is 15.3 Å². The maximum absolute atomic E-state index is 12.0. The fourth-order valence-corrected chi connectivity index (χ4v) is 2.59. The molecule has 0 amide bonds. The van der Waals surface area contributed by atoms with Crippen LogP contribution in [0.4, 0.5) is 11.6 Å². The number of anilines is 2. The van der Waals surface area contributed by atoms with Crippen LogP contribution in [0.15, 0.2) is 23.0 Å². The summed E-state index contributed by atoms with van der Waals surface area (Å²) in [4.78, 5) is 29.9. The van der Waals surface area contributed by atoms with Crippen LogP contribution in [0.25, 0.3) is 0 Å². The third-order valence-electron chi connectivity index (χ3n) is 3.68. The topological polar surface area (TPSA) is 115 Å². The smallest absolute Gasteiger partial charge is 0.339 e. The highest BCUT2D eigenvalue weighted by atomic mass is 16.4. The molecule has 4 N–H and O–H groups in total. The molecule has 0 bridgehead atoms. The first-order valence-corrected chi connectivity index (χ1v) is 7.00. The average molecular weight is 301 g/mol. The van der Waals surface area contributed by atoms with Gasteiger partial charge in [-0.2, -0.15) is 0 Å². The van der Waals surface area contributed by atoms with E-state index in [1.165, 1.54) is 18.2 Å². The summed E-state index contributed by atoms with van der Waals surface area (Å²) in [5.74, 6) is -1.27. The van der Waals surface area contributed by atoms with Crippen LogP contribution in [0.2, 0.25) is 0 Å². The number of aryl methyl sites for hydroxylation is 1. The van der Waals surface area contributed by atoms with Crippen LogP contribution >= 0.6 is 0 Å². The quantitative estimate of drug-likeness (QED) is 0.687. The van der Waals surface area contributed by atoms with Crippen LogP contribution in [0, 0.1) is 0 Å². The van der Waals surface area contributed by atoms with E-state index in [-0.39, 0.29) is 22.8 Å². The number of aromatic nitrogens is 2. The molecule has 1 heterocycles. The lowest BCUT2D eigenvalue weighted by Gasteiger charge is -2.15. The summed E-state index contributed by atoms with van der Waals surface area (Å²) in [7, 11) is 0. The largest absolute Gasteiger partial charge is 0.507 e. The molecule has 0 saturated carbocycles. The first-order chi connectivity index (χ1) is 10.5. The number of fused-ring (bicyclic) bond motifs is 1. The van der Waals surface area contributed by atoms with E-state index in [4.69, 9.17) is 5.11 Å². The van der Waals surface area contributed by atoms with Gasteiger partial charge < -0.3 is 15.5 Å². The van der Waals surface area contributed by atoms with E-state index in [1.54, 1.807) is 0 Å². The van der Waals surface area contributed by atoms with Crippen molar-refractivity contribution in [2.24, 2.45) is 0 Å². The molecule has 114 valence electrons. The molecule has 0 spiro atoms. The van der Waals surface area contributed by atoms with Gasteiger partial charge in [-0.05, 0) is 37.8 Å². The summed E-state index contributed by atoms with van der Waals surface area (Å²) in [6.07, 6.45) is 3.52. The van der Waals surface area contributed by atoms with Crippen molar-refractivity contribution < 1.29 is 15.0 Å². The molecule has 2 aromatic rings. The van der Waals surface area contributed by atoms with Crippen molar-refractivity contribution in [3.05, 3.63) is 45.4 Å². The second-order valence-corrected chi connectivity index (χ2v) is 5.21. The Bertz CT molecular complexity index is 798. The summed E-state index contributed by atoms with van der Waals surface area (Å²) in [5, 5.41) is 21.4. The Morgan fingerprint density at radius 2 is 2.05 bits per heavy atom. The number of nitrogens with one attached hydrogen (secondary N) is 2. The Morgan fingerprint density at radius 3 is 2.77 bits per heavy atom. The first kappa shape index (κ1) is 14.1. The molecule has 0 unspecified atom stereocenters. The van der Waals surface area contributed by atoms with Gasteiger partial charge in [0.2, 0.25) is 5.95 Å². The zero-order valence-electron chi connectivity index (χ0n) is 11.7. The van der Waals surface area contributed by atoms with E-state index in [9.17, 15) is 14.7 Å². The molecule has 0 saturated heterocycles. The van der Waals surface area contributed by atoms with Crippen molar-refractivity contribution in [3.8, 4) is 5.75 Å². The molecular formula is C15H15N3O4. The van der Waals surface area contributed by atoms with Gasteiger partial charge in [-0.25, -0.2) is 9.78 Å². The molecule has 0 radical (unpaired) electrons. The van der Waals surface area contributed by atoms with Gasteiger partial charge in [0.15, 0.2) is 0 Å². The minimum absolute atomic E-state index is 0.154.